The molecule has 1 aromatic carbocycles. The second-order valence-corrected chi connectivity index (χ2v) is 7.92. The van der Waals surface area contributed by atoms with Gasteiger partial charge in [0.2, 0.25) is 5.28 Å². The predicted molar refractivity (Wildman–Crippen MR) is 107 cm³/mol. The molecule has 6 nitrogen and oxygen atoms in total. The van der Waals surface area contributed by atoms with Crippen molar-refractivity contribution in [2.45, 2.75) is 11.8 Å². The van der Waals surface area contributed by atoms with Crippen LogP contribution in [0.3, 0.4) is 0 Å². The summed E-state index contributed by atoms with van der Waals surface area (Å²) in [6, 6.07) is 9.57. The lowest BCUT2D eigenvalue weighted by molar-refractivity contribution is 0.601. The Labute approximate surface area is 167 Å². The monoisotopic (exact) mass is 420 g/mol. The van der Waals surface area contributed by atoms with E-state index in [4.69, 9.17) is 23.2 Å². The molecule has 138 valence electrons. The van der Waals surface area contributed by atoms with Gasteiger partial charge in [0.15, 0.2) is 0 Å². The molecule has 0 aliphatic carbocycles. The highest BCUT2D eigenvalue weighted by molar-refractivity contribution is 7.92. The number of hydrogen-bond donors (Lipinski definition) is 1. The quantitative estimate of drug-likeness (QED) is 0.615. The third-order valence-corrected chi connectivity index (χ3v) is 5.64. The second kappa shape index (κ2) is 8.04. The highest BCUT2D eigenvalue weighted by atomic mass is 35.5. The molecule has 3 aromatic rings. The van der Waals surface area contributed by atoms with Crippen molar-refractivity contribution in [3.63, 3.8) is 0 Å². The summed E-state index contributed by atoms with van der Waals surface area (Å²) in [4.78, 5) is 12.1. The van der Waals surface area contributed by atoms with E-state index in [0.29, 0.717) is 5.69 Å². The Morgan fingerprint density at radius 2 is 1.70 bits per heavy atom. The number of nitrogens with zero attached hydrogens (tertiary/aromatic N) is 3. The standard InChI is InChI=1S/C18H14Cl2N4O2S/c1-12-14(7-6-13-10-21-18(20)22-11-13)8-9-17(23-12)24-27(25,26)16-5-3-2-4-15(16)19/h2-11H,1H3,(H,23,24). The zero-order valence-electron chi connectivity index (χ0n) is 14.1. The molecule has 0 fully saturated rings. The van der Waals surface area contributed by atoms with Crippen molar-refractivity contribution in [1.82, 2.24) is 15.0 Å². The summed E-state index contributed by atoms with van der Waals surface area (Å²) < 4.78 is 27.4. The van der Waals surface area contributed by atoms with Crippen LogP contribution in [0.5, 0.6) is 0 Å². The minimum absolute atomic E-state index is 0.00201. The van der Waals surface area contributed by atoms with E-state index in [1.807, 2.05) is 12.2 Å². The molecule has 0 unspecified atom stereocenters. The second-order valence-electron chi connectivity index (χ2n) is 5.53. The van der Waals surface area contributed by atoms with Gasteiger partial charge in [-0.1, -0.05) is 35.9 Å². The minimum atomic E-state index is -3.82. The number of rotatable bonds is 5. The van der Waals surface area contributed by atoms with E-state index in [0.717, 1.165) is 11.1 Å². The van der Waals surface area contributed by atoms with Gasteiger partial charge in [0.1, 0.15) is 10.7 Å². The van der Waals surface area contributed by atoms with E-state index < -0.39 is 10.0 Å². The van der Waals surface area contributed by atoms with Crippen LogP contribution in [0.15, 0.2) is 53.7 Å². The maximum absolute atomic E-state index is 12.5. The van der Waals surface area contributed by atoms with Crippen LogP contribution in [-0.4, -0.2) is 23.4 Å². The van der Waals surface area contributed by atoms with Gasteiger partial charge in [-0.05, 0) is 48.4 Å². The smallest absolute Gasteiger partial charge is 0.263 e. The van der Waals surface area contributed by atoms with Crippen molar-refractivity contribution in [3.05, 3.63) is 75.9 Å². The van der Waals surface area contributed by atoms with Crippen LogP contribution in [0, 0.1) is 6.92 Å². The maximum Gasteiger partial charge on any atom is 0.264 e. The van der Waals surface area contributed by atoms with E-state index in [9.17, 15) is 8.42 Å². The third kappa shape index (κ3) is 4.82. The molecule has 27 heavy (non-hydrogen) atoms. The fraction of sp³-hybridized carbons (Fsp3) is 0.0556. The Morgan fingerprint density at radius 1 is 1.00 bits per heavy atom. The molecule has 0 aliphatic heterocycles. The average Bonchev–Trinajstić information content (AvgIpc) is 2.62. The van der Waals surface area contributed by atoms with Gasteiger partial charge < -0.3 is 0 Å². The molecule has 0 saturated carbocycles. The van der Waals surface area contributed by atoms with E-state index in [1.165, 1.54) is 12.1 Å². The molecule has 2 heterocycles. The number of anilines is 1. The van der Waals surface area contributed by atoms with Crippen LogP contribution in [0.25, 0.3) is 12.2 Å². The summed E-state index contributed by atoms with van der Waals surface area (Å²) in [5.41, 5.74) is 2.26. The first-order chi connectivity index (χ1) is 12.8. The number of nitrogens with one attached hydrogen (secondary N) is 1. The number of aromatic nitrogens is 3. The summed E-state index contributed by atoms with van der Waals surface area (Å²) >= 11 is 11.6. The van der Waals surface area contributed by atoms with E-state index >= 15 is 0 Å². The number of pyridine rings is 1. The van der Waals surface area contributed by atoms with Gasteiger partial charge in [-0.3, -0.25) is 4.72 Å². The van der Waals surface area contributed by atoms with Crippen molar-refractivity contribution in [2.24, 2.45) is 0 Å². The predicted octanol–water partition coefficient (Wildman–Crippen LogP) is 4.46. The Balaban J connectivity index is 1.80. The summed E-state index contributed by atoms with van der Waals surface area (Å²) in [6.45, 7) is 1.78. The van der Waals surface area contributed by atoms with Gasteiger partial charge >= 0.3 is 0 Å². The number of aryl methyl sites for hydroxylation is 1. The molecular weight excluding hydrogens is 407 g/mol. The molecule has 2 aromatic heterocycles. The zero-order valence-corrected chi connectivity index (χ0v) is 16.4. The summed E-state index contributed by atoms with van der Waals surface area (Å²) in [6.07, 6.45) is 6.84. The van der Waals surface area contributed by atoms with Gasteiger partial charge in [0.05, 0.1) is 5.02 Å². The zero-order chi connectivity index (χ0) is 19.4. The molecular formula is C18H14Cl2N4O2S. The van der Waals surface area contributed by atoms with Gasteiger partial charge in [0, 0.05) is 23.7 Å². The van der Waals surface area contributed by atoms with Crippen molar-refractivity contribution in [3.8, 4) is 0 Å². The first-order valence-corrected chi connectivity index (χ1v) is 10.00. The van der Waals surface area contributed by atoms with Gasteiger partial charge in [-0.2, -0.15) is 0 Å². The molecule has 0 saturated heterocycles. The van der Waals surface area contributed by atoms with Crippen molar-refractivity contribution in [1.29, 1.82) is 0 Å². The molecule has 9 heteroatoms. The van der Waals surface area contributed by atoms with Gasteiger partial charge in [0.25, 0.3) is 10.0 Å². The Hall–Kier alpha value is -2.48. The molecule has 0 amide bonds. The topological polar surface area (TPSA) is 84.8 Å². The molecule has 0 spiro atoms. The van der Waals surface area contributed by atoms with Crippen LogP contribution < -0.4 is 4.72 Å². The number of benzene rings is 1. The highest BCUT2D eigenvalue weighted by Crippen LogP contribution is 2.23. The number of sulfonamides is 1. The van der Waals surface area contributed by atoms with Crippen molar-refractivity contribution in [2.75, 3.05) is 4.72 Å². The lowest BCUT2D eigenvalue weighted by Crippen LogP contribution is -2.14. The normalized spacial score (nSPS) is 11.7. The first kappa shape index (κ1) is 19.3. The van der Waals surface area contributed by atoms with Crippen LogP contribution in [0.2, 0.25) is 10.3 Å². The minimum Gasteiger partial charge on any atom is -0.263 e. The van der Waals surface area contributed by atoms with E-state index in [-0.39, 0.29) is 21.0 Å². The van der Waals surface area contributed by atoms with Gasteiger partial charge in [-0.25, -0.2) is 23.4 Å². The largest absolute Gasteiger partial charge is 0.264 e. The van der Waals surface area contributed by atoms with Crippen LogP contribution in [-0.2, 0) is 10.0 Å². The van der Waals surface area contributed by atoms with E-state index in [1.54, 1.807) is 43.6 Å². The summed E-state index contributed by atoms with van der Waals surface area (Å²) in [7, 11) is -3.82. The molecule has 0 atom stereocenters. The molecule has 0 bridgehead atoms. The van der Waals surface area contributed by atoms with Crippen LogP contribution in [0.4, 0.5) is 5.82 Å². The Kier molecular flexibility index (Phi) is 5.74. The lowest BCUT2D eigenvalue weighted by Gasteiger charge is -2.10. The Morgan fingerprint density at radius 3 is 2.37 bits per heavy atom. The highest BCUT2D eigenvalue weighted by Gasteiger charge is 2.18. The van der Waals surface area contributed by atoms with Crippen LogP contribution >= 0.6 is 23.2 Å². The van der Waals surface area contributed by atoms with E-state index in [2.05, 4.69) is 19.7 Å². The van der Waals surface area contributed by atoms with Crippen molar-refractivity contribution >= 4 is 51.2 Å². The van der Waals surface area contributed by atoms with Crippen molar-refractivity contribution < 1.29 is 8.42 Å². The Bertz CT molecular complexity index is 1100. The fourth-order valence-corrected chi connectivity index (χ4v) is 3.87. The lowest BCUT2D eigenvalue weighted by atomic mass is 10.1. The fourth-order valence-electron chi connectivity index (χ4n) is 2.25. The summed E-state index contributed by atoms with van der Waals surface area (Å²) in [5.74, 6) is 0.208. The molecule has 0 radical (unpaired) electrons. The third-order valence-electron chi connectivity index (χ3n) is 3.59. The maximum atomic E-state index is 12.5. The summed E-state index contributed by atoms with van der Waals surface area (Å²) in [5, 5.41) is 0.326. The SMILES string of the molecule is Cc1nc(NS(=O)(=O)c2ccccc2Cl)ccc1C=Cc1cnc(Cl)nc1. The number of halogens is 2. The van der Waals surface area contributed by atoms with Crippen LogP contribution in [0.1, 0.15) is 16.8 Å². The number of hydrogen-bond acceptors (Lipinski definition) is 5. The average molecular weight is 421 g/mol. The molecule has 0 aliphatic rings. The molecule has 3 rings (SSSR count). The first-order valence-electron chi connectivity index (χ1n) is 7.76. The van der Waals surface area contributed by atoms with Gasteiger partial charge in [-0.15, -0.1) is 0 Å². The molecule has 1 N–H and O–H groups in total.